The molecule has 0 fully saturated rings. The van der Waals surface area contributed by atoms with Crippen LogP contribution in [0, 0.1) is 11.3 Å². The summed E-state index contributed by atoms with van der Waals surface area (Å²) in [6.45, 7) is 3.81. The fourth-order valence-corrected chi connectivity index (χ4v) is 2.81. The Hall–Kier alpha value is -1.94. The van der Waals surface area contributed by atoms with Crippen molar-refractivity contribution in [1.82, 2.24) is 9.97 Å². The topological polar surface area (TPSA) is 78.8 Å². The van der Waals surface area contributed by atoms with E-state index in [2.05, 4.69) is 16.5 Å². The van der Waals surface area contributed by atoms with Crippen LogP contribution in [0.15, 0.2) is 34.7 Å². The van der Waals surface area contributed by atoms with Crippen LogP contribution < -0.4 is 10.3 Å². The molecule has 1 heterocycles. The minimum absolute atomic E-state index is 0.102. The van der Waals surface area contributed by atoms with E-state index in [0.717, 1.165) is 0 Å². The molecule has 0 saturated heterocycles. The van der Waals surface area contributed by atoms with Gasteiger partial charge in [-0.25, -0.2) is 4.98 Å². The summed E-state index contributed by atoms with van der Waals surface area (Å²) in [5.41, 5.74) is 0.0688. The summed E-state index contributed by atoms with van der Waals surface area (Å²) >= 11 is 13.6. The molecule has 0 saturated carbocycles. The second-order valence-electron chi connectivity index (χ2n) is 4.28. The molecule has 23 heavy (non-hydrogen) atoms. The molecule has 0 aliphatic carbocycles. The molecular formula is C15H11Cl2N3O2S. The number of nitrogens with one attached hydrogen (secondary N) is 1. The third-order valence-electron chi connectivity index (χ3n) is 2.82. The van der Waals surface area contributed by atoms with E-state index in [4.69, 9.17) is 27.9 Å². The number of rotatable bonds is 5. The van der Waals surface area contributed by atoms with E-state index < -0.39 is 5.56 Å². The lowest BCUT2D eigenvalue weighted by molar-refractivity contribution is 0.364. The Labute approximate surface area is 146 Å². The van der Waals surface area contributed by atoms with Gasteiger partial charge < -0.3 is 9.72 Å². The molecule has 0 amide bonds. The molecule has 1 aromatic heterocycles. The molecular weight excluding hydrogens is 357 g/mol. The fourth-order valence-electron chi connectivity index (χ4n) is 1.84. The molecule has 5 nitrogen and oxygen atoms in total. The fraction of sp³-hybridized carbons (Fsp3) is 0.133. The zero-order chi connectivity index (χ0) is 17.0. The maximum atomic E-state index is 12.0. The monoisotopic (exact) mass is 367 g/mol. The van der Waals surface area contributed by atoms with Crippen molar-refractivity contribution < 1.29 is 4.74 Å². The molecule has 2 rings (SSSR count). The first-order valence-electron chi connectivity index (χ1n) is 6.33. The van der Waals surface area contributed by atoms with Gasteiger partial charge in [0.1, 0.15) is 18.2 Å². The second kappa shape index (κ2) is 7.55. The number of aromatic nitrogens is 2. The van der Waals surface area contributed by atoms with Gasteiger partial charge in [0, 0.05) is 5.56 Å². The number of aromatic amines is 1. The largest absolute Gasteiger partial charge is 0.486 e. The summed E-state index contributed by atoms with van der Waals surface area (Å²) in [6, 6.07) is 4.96. The van der Waals surface area contributed by atoms with E-state index in [9.17, 15) is 10.1 Å². The van der Waals surface area contributed by atoms with Crippen molar-refractivity contribution in [1.29, 1.82) is 5.26 Å². The maximum absolute atomic E-state index is 12.0. The Morgan fingerprint density at radius 3 is 2.65 bits per heavy atom. The molecule has 2 aromatic rings. The minimum Gasteiger partial charge on any atom is -0.486 e. The Kier molecular flexibility index (Phi) is 5.72. The number of hydrogen-bond acceptors (Lipinski definition) is 5. The lowest BCUT2D eigenvalue weighted by Crippen LogP contribution is -2.14. The number of nitrogens with zero attached hydrogens (tertiary/aromatic N) is 2. The van der Waals surface area contributed by atoms with E-state index in [1.165, 1.54) is 11.8 Å². The van der Waals surface area contributed by atoms with Gasteiger partial charge in [-0.05, 0) is 18.4 Å². The van der Waals surface area contributed by atoms with Gasteiger partial charge in [0.15, 0.2) is 10.9 Å². The quantitative estimate of drug-likeness (QED) is 0.492. The van der Waals surface area contributed by atoms with Crippen molar-refractivity contribution in [2.75, 3.05) is 12.9 Å². The minimum atomic E-state index is -0.513. The number of H-pyrrole nitrogens is 1. The molecule has 0 unspecified atom stereocenters. The predicted molar refractivity (Wildman–Crippen MR) is 92.5 cm³/mol. The summed E-state index contributed by atoms with van der Waals surface area (Å²) in [6.07, 6.45) is 3.33. The van der Waals surface area contributed by atoms with E-state index in [1.54, 1.807) is 24.5 Å². The molecule has 0 radical (unpaired) electrons. The Balaban J connectivity index is 2.64. The number of benzene rings is 1. The zero-order valence-corrected chi connectivity index (χ0v) is 14.3. The maximum Gasteiger partial charge on any atom is 0.270 e. The smallest absolute Gasteiger partial charge is 0.270 e. The standard InChI is InChI=1S/C15H11Cl2N3O2S/c1-3-4-22-13-10(16)5-8(6-11(13)17)12-9(7-18)14(21)20-15(19-12)23-2/h3,5-6H,1,4H2,2H3,(H,19,20,21). The van der Waals surface area contributed by atoms with Crippen molar-refractivity contribution in [2.24, 2.45) is 0 Å². The predicted octanol–water partition coefficient (Wildman–Crippen LogP) is 3.90. The van der Waals surface area contributed by atoms with Gasteiger partial charge in [-0.3, -0.25) is 4.79 Å². The first kappa shape index (κ1) is 17.4. The van der Waals surface area contributed by atoms with Crippen LogP contribution in [0.5, 0.6) is 5.75 Å². The molecule has 0 spiro atoms. The average Bonchev–Trinajstić information content (AvgIpc) is 2.53. The number of hydrogen-bond donors (Lipinski definition) is 1. The van der Waals surface area contributed by atoms with Crippen LogP contribution in [0.4, 0.5) is 0 Å². The van der Waals surface area contributed by atoms with Gasteiger partial charge in [-0.15, -0.1) is 0 Å². The van der Waals surface area contributed by atoms with Crippen LogP contribution >= 0.6 is 35.0 Å². The lowest BCUT2D eigenvalue weighted by Gasteiger charge is -2.11. The molecule has 118 valence electrons. The highest BCUT2D eigenvalue weighted by atomic mass is 35.5. The summed E-state index contributed by atoms with van der Waals surface area (Å²) in [5.74, 6) is 0.311. The van der Waals surface area contributed by atoms with Gasteiger partial charge in [0.25, 0.3) is 5.56 Å². The zero-order valence-electron chi connectivity index (χ0n) is 12.0. The van der Waals surface area contributed by atoms with Gasteiger partial charge in [0.2, 0.25) is 0 Å². The van der Waals surface area contributed by atoms with Crippen LogP contribution in [-0.2, 0) is 0 Å². The van der Waals surface area contributed by atoms with Crippen molar-refractivity contribution >= 4 is 35.0 Å². The Bertz CT molecular complexity index is 836. The molecule has 1 aromatic carbocycles. The van der Waals surface area contributed by atoms with Crippen LogP contribution in [0.1, 0.15) is 5.56 Å². The number of thioether (sulfide) groups is 1. The average molecular weight is 368 g/mol. The van der Waals surface area contributed by atoms with Gasteiger partial charge in [0.05, 0.1) is 15.7 Å². The first-order chi connectivity index (χ1) is 11.0. The van der Waals surface area contributed by atoms with E-state index in [1.807, 2.05) is 6.07 Å². The first-order valence-corrected chi connectivity index (χ1v) is 8.31. The van der Waals surface area contributed by atoms with Gasteiger partial charge in [-0.1, -0.05) is 47.6 Å². The summed E-state index contributed by atoms with van der Waals surface area (Å²) in [7, 11) is 0. The van der Waals surface area contributed by atoms with E-state index in [0.29, 0.717) is 16.5 Å². The SMILES string of the molecule is C=CCOc1c(Cl)cc(-c2nc(SC)[nH]c(=O)c2C#N)cc1Cl. The van der Waals surface area contributed by atoms with Gasteiger partial charge >= 0.3 is 0 Å². The summed E-state index contributed by atoms with van der Waals surface area (Å²) < 4.78 is 5.39. The number of ether oxygens (including phenoxy) is 1. The third kappa shape index (κ3) is 3.70. The van der Waals surface area contributed by atoms with Crippen LogP contribution in [0.25, 0.3) is 11.3 Å². The van der Waals surface area contributed by atoms with E-state index in [-0.39, 0.29) is 27.9 Å². The molecule has 8 heteroatoms. The number of nitriles is 1. The summed E-state index contributed by atoms with van der Waals surface area (Å²) in [4.78, 5) is 18.8. The van der Waals surface area contributed by atoms with Crippen molar-refractivity contribution in [3.63, 3.8) is 0 Å². The van der Waals surface area contributed by atoms with Crippen LogP contribution in [0.3, 0.4) is 0 Å². The second-order valence-corrected chi connectivity index (χ2v) is 5.89. The summed E-state index contributed by atoms with van der Waals surface area (Å²) in [5, 5.41) is 10.1. The number of halogens is 2. The van der Waals surface area contributed by atoms with Crippen molar-refractivity contribution in [2.45, 2.75) is 5.16 Å². The van der Waals surface area contributed by atoms with Gasteiger partial charge in [-0.2, -0.15) is 5.26 Å². The molecule has 0 bridgehead atoms. The molecule has 0 aliphatic rings. The van der Waals surface area contributed by atoms with Crippen molar-refractivity contribution in [3.05, 3.63) is 50.8 Å². The third-order valence-corrected chi connectivity index (χ3v) is 3.96. The normalized spacial score (nSPS) is 10.2. The Morgan fingerprint density at radius 2 is 2.13 bits per heavy atom. The Morgan fingerprint density at radius 1 is 1.48 bits per heavy atom. The highest BCUT2D eigenvalue weighted by Gasteiger charge is 2.17. The lowest BCUT2D eigenvalue weighted by atomic mass is 10.1. The molecule has 0 atom stereocenters. The van der Waals surface area contributed by atoms with E-state index >= 15 is 0 Å². The molecule has 0 aliphatic heterocycles. The molecule has 1 N–H and O–H groups in total. The van der Waals surface area contributed by atoms with Crippen molar-refractivity contribution in [3.8, 4) is 23.1 Å². The highest BCUT2D eigenvalue weighted by Crippen LogP contribution is 2.37. The van der Waals surface area contributed by atoms with Crippen LogP contribution in [-0.4, -0.2) is 22.8 Å². The van der Waals surface area contributed by atoms with Crippen LogP contribution in [0.2, 0.25) is 10.0 Å². The highest BCUT2D eigenvalue weighted by molar-refractivity contribution is 7.98.